The smallest absolute Gasteiger partial charge is 0.0493 e. The minimum absolute atomic E-state index is 0.535. The van der Waals surface area contributed by atoms with Gasteiger partial charge < -0.3 is 10.1 Å². The lowest BCUT2D eigenvalue weighted by molar-refractivity contribution is 0.0276. The molecule has 2 nitrogen and oxygen atoms in total. The molecule has 2 saturated carbocycles. The zero-order valence-electron chi connectivity index (χ0n) is 10.4. The van der Waals surface area contributed by atoms with Crippen molar-refractivity contribution in [2.45, 2.75) is 32.6 Å². The Labute approximate surface area is 93.8 Å². The molecule has 0 aromatic carbocycles. The van der Waals surface area contributed by atoms with Gasteiger partial charge in [0, 0.05) is 20.3 Å². The van der Waals surface area contributed by atoms with E-state index in [-0.39, 0.29) is 0 Å². The standard InChI is InChI=1S/C13H25NO/c1-10(8-15-3)13(9-14-2)7-11-4-5-12(13)6-11/h10-12,14H,4-9H2,1-3H3. The van der Waals surface area contributed by atoms with Crippen LogP contribution < -0.4 is 5.32 Å². The van der Waals surface area contributed by atoms with E-state index in [4.69, 9.17) is 4.74 Å². The molecule has 2 aliphatic carbocycles. The van der Waals surface area contributed by atoms with E-state index in [2.05, 4.69) is 19.3 Å². The molecule has 0 aromatic rings. The summed E-state index contributed by atoms with van der Waals surface area (Å²) in [5.74, 6) is 2.67. The van der Waals surface area contributed by atoms with E-state index < -0.39 is 0 Å². The molecular formula is C13H25NO. The van der Waals surface area contributed by atoms with Gasteiger partial charge in [0.1, 0.15) is 0 Å². The van der Waals surface area contributed by atoms with Crippen LogP contribution in [0.25, 0.3) is 0 Å². The van der Waals surface area contributed by atoms with Crippen LogP contribution in [0.3, 0.4) is 0 Å². The third-order valence-corrected chi connectivity index (χ3v) is 4.93. The van der Waals surface area contributed by atoms with Crippen molar-refractivity contribution in [2.75, 3.05) is 27.3 Å². The first kappa shape index (κ1) is 11.4. The minimum Gasteiger partial charge on any atom is -0.384 e. The lowest BCUT2D eigenvalue weighted by Crippen LogP contribution is -2.44. The highest BCUT2D eigenvalue weighted by Crippen LogP contribution is 2.58. The summed E-state index contributed by atoms with van der Waals surface area (Å²) in [6.07, 6.45) is 5.86. The number of hydrogen-bond acceptors (Lipinski definition) is 2. The SMILES string of the molecule is CNCC1(C(C)COC)CC2CCC1C2. The summed E-state index contributed by atoms with van der Waals surface area (Å²) in [6.45, 7) is 4.48. The van der Waals surface area contributed by atoms with Crippen molar-refractivity contribution >= 4 is 0 Å². The molecule has 4 atom stereocenters. The van der Waals surface area contributed by atoms with Crippen LogP contribution in [-0.2, 0) is 4.74 Å². The summed E-state index contributed by atoms with van der Waals surface area (Å²) in [5, 5.41) is 3.42. The van der Waals surface area contributed by atoms with Crippen molar-refractivity contribution in [2.24, 2.45) is 23.2 Å². The van der Waals surface area contributed by atoms with Gasteiger partial charge in [-0.1, -0.05) is 13.3 Å². The van der Waals surface area contributed by atoms with E-state index in [0.29, 0.717) is 11.3 Å². The first-order valence-corrected chi connectivity index (χ1v) is 6.36. The number of methoxy groups -OCH3 is 1. The van der Waals surface area contributed by atoms with E-state index in [0.717, 1.165) is 18.4 Å². The first-order valence-electron chi connectivity index (χ1n) is 6.36. The molecule has 0 aliphatic heterocycles. The number of ether oxygens (including phenoxy) is 1. The van der Waals surface area contributed by atoms with Crippen LogP contribution in [0.5, 0.6) is 0 Å². The Morgan fingerprint density at radius 3 is 2.73 bits per heavy atom. The fourth-order valence-electron chi connectivity index (χ4n) is 4.23. The first-order chi connectivity index (χ1) is 7.23. The van der Waals surface area contributed by atoms with Crippen molar-refractivity contribution in [3.05, 3.63) is 0 Å². The molecule has 2 rings (SSSR count). The third kappa shape index (κ3) is 1.83. The fourth-order valence-corrected chi connectivity index (χ4v) is 4.23. The number of hydrogen-bond donors (Lipinski definition) is 1. The highest BCUT2D eigenvalue weighted by Gasteiger charge is 2.52. The van der Waals surface area contributed by atoms with E-state index in [9.17, 15) is 0 Å². The Balaban J connectivity index is 2.10. The molecule has 2 heteroatoms. The van der Waals surface area contributed by atoms with Gasteiger partial charge in [0.25, 0.3) is 0 Å². The summed E-state index contributed by atoms with van der Waals surface area (Å²) in [6, 6.07) is 0. The van der Waals surface area contributed by atoms with Crippen LogP contribution in [0.4, 0.5) is 0 Å². The highest BCUT2D eigenvalue weighted by atomic mass is 16.5. The molecule has 0 aromatic heterocycles. The Morgan fingerprint density at radius 1 is 1.47 bits per heavy atom. The van der Waals surface area contributed by atoms with Crippen LogP contribution in [0.2, 0.25) is 0 Å². The van der Waals surface area contributed by atoms with Crippen molar-refractivity contribution in [3.8, 4) is 0 Å². The second kappa shape index (κ2) is 4.42. The Kier molecular flexibility index (Phi) is 3.36. The topological polar surface area (TPSA) is 21.3 Å². The average molecular weight is 211 g/mol. The number of fused-ring (bicyclic) bond motifs is 2. The molecule has 88 valence electrons. The van der Waals surface area contributed by atoms with Gasteiger partial charge in [0.15, 0.2) is 0 Å². The van der Waals surface area contributed by atoms with E-state index in [1.807, 2.05) is 7.11 Å². The molecule has 0 radical (unpaired) electrons. The van der Waals surface area contributed by atoms with Gasteiger partial charge in [0.05, 0.1) is 0 Å². The van der Waals surface area contributed by atoms with Crippen molar-refractivity contribution < 1.29 is 4.74 Å². The lowest BCUT2D eigenvalue weighted by atomic mass is 9.65. The number of nitrogens with one attached hydrogen (secondary N) is 1. The molecule has 1 N–H and O–H groups in total. The van der Waals surface area contributed by atoms with Gasteiger partial charge in [0.2, 0.25) is 0 Å². The van der Waals surface area contributed by atoms with Crippen molar-refractivity contribution in [3.63, 3.8) is 0 Å². The Morgan fingerprint density at radius 2 is 2.27 bits per heavy atom. The second-order valence-corrected chi connectivity index (χ2v) is 5.70. The maximum atomic E-state index is 5.37. The largest absolute Gasteiger partial charge is 0.384 e. The van der Waals surface area contributed by atoms with Gasteiger partial charge in [-0.3, -0.25) is 0 Å². The summed E-state index contributed by atoms with van der Waals surface area (Å²) in [4.78, 5) is 0. The predicted molar refractivity (Wildman–Crippen MR) is 62.8 cm³/mol. The van der Waals surface area contributed by atoms with Gasteiger partial charge >= 0.3 is 0 Å². The van der Waals surface area contributed by atoms with Crippen LogP contribution in [0.1, 0.15) is 32.6 Å². The van der Waals surface area contributed by atoms with Gasteiger partial charge in [-0.25, -0.2) is 0 Å². The van der Waals surface area contributed by atoms with E-state index in [1.54, 1.807) is 0 Å². The van der Waals surface area contributed by atoms with Gasteiger partial charge in [-0.05, 0) is 49.5 Å². The Bertz CT molecular complexity index is 219. The van der Waals surface area contributed by atoms with E-state index >= 15 is 0 Å². The minimum atomic E-state index is 0.535. The molecular weight excluding hydrogens is 186 g/mol. The van der Waals surface area contributed by atoms with Crippen LogP contribution in [0.15, 0.2) is 0 Å². The van der Waals surface area contributed by atoms with Crippen LogP contribution in [0, 0.1) is 23.2 Å². The maximum Gasteiger partial charge on any atom is 0.0493 e. The van der Waals surface area contributed by atoms with Gasteiger partial charge in [-0.15, -0.1) is 0 Å². The average Bonchev–Trinajstić information content (AvgIpc) is 2.79. The predicted octanol–water partition coefficient (Wildman–Crippen LogP) is 2.29. The molecule has 15 heavy (non-hydrogen) atoms. The molecule has 4 unspecified atom stereocenters. The normalized spacial score (nSPS) is 41.0. The second-order valence-electron chi connectivity index (χ2n) is 5.70. The summed E-state index contributed by atoms with van der Waals surface area (Å²) in [5.41, 5.74) is 0.535. The lowest BCUT2D eigenvalue weighted by Gasteiger charge is -2.42. The molecule has 0 amide bonds. The molecule has 0 spiro atoms. The summed E-state index contributed by atoms with van der Waals surface area (Å²) in [7, 11) is 3.92. The molecule has 2 bridgehead atoms. The zero-order chi connectivity index (χ0) is 10.9. The van der Waals surface area contributed by atoms with E-state index in [1.165, 1.54) is 32.2 Å². The van der Waals surface area contributed by atoms with Crippen molar-refractivity contribution in [1.82, 2.24) is 5.32 Å². The molecule has 2 fully saturated rings. The quantitative estimate of drug-likeness (QED) is 0.753. The van der Waals surface area contributed by atoms with Crippen molar-refractivity contribution in [1.29, 1.82) is 0 Å². The highest BCUT2D eigenvalue weighted by molar-refractivity contribution is 5.03. The Hall–Kier alpha value is -0.0800. The summed E-state index contributed by atoms with van der Waals surface area (Å²) >= 11 is 0. The molecule has 2 aliphatic rings. The fraction of sp³-hybridized carbons (Fsp3) is 1.00. The monoisotopic (exact) mass is 211 g/mol. The molecule has 0 heterocycles. The summed E-state index contributed by atoms with van der Waals surface area (Å²) < 4.78 is 5.37. The molecule has 0 saturated heterocycles. The number of rotatable bonds is 5. The maximum absolute atomic E-state index is 5.37. The third-order valence-electron chi connectivity index (χ3n) is 4.93. The van der Waals surface area contributed by atoms with Gasteiger partial charge in [-0.2, -0.15) is 0 Å². The zero-order valence-corrected chi connectivity index (χ0v) is 10.4. The van der Waals surface area contributed by atoms with Crippen LogP contribution in [-0.4, -0.2) is 27.3 Å². The van der Waals surface area contributed by atoms with Crippen LogP contribution >= 0.6 is 0 Å².